The molecule has 1 aliphatic heterocycles. The topological polar surface area (TPSA) is 46.3 Å². The minimum atomic E-state index is -0.569. The second-order valence-electron chi connectivity index (χ2n) is 6.69. The molecule has 1 heterocycles. The van der Waals surface area contributed by atoms with E-state index in [1.165, 1.54) is 24.3 Å². The fourth-order valence-electron chi connectivity index (χ4n) is 3.51. The maximum Gasteiger partial charge on any atom is 0.254 e. The average molecular weight is 344 g/mol. The number of likely N-dealkylation sites (tertiary alicyclic amines) is 1. The molecule has 132 valence electrons. The average Bonchev–Trinajstić information content (AvgIpc) is 2.97. The zero-order chi connectivity index (χ0) is 18.0. The standard InChI is InChI=1S/C20H22F2N2O/c1-13-2-9-17(10-5-14-3-7-16(21)8-4-14)24(13)20(25)15-6-11-19(23)18(22)12-15/h3-4,6-8,11-13,17H,2,5,9-10,23H2,1H3/t13-,17-/m1/s1. The molecule has 1 aliphatic rings. The van der Waals surface area contributed by atoms with Crippen LogP contribution < -0.4 is 5.73 Å². The summed E-state index contributed by atoms with van der Waals surface area (Å²) in [7, 11) is 0. The van der Waals surface area contributed by atoms with Crippen LogP contribution in [0.4, 0.5) is 14.5 Å². The maximum absolute atomic E-state index is 13.7. The second-order valence-corrected chi connectivity index (χ2v) is 6.69. The van der Waals surface area contributed by atoms with Gasteiger partial charge >= 0.3 is 0 Å². The summed E-state index contributed by atoms with van der Waals surface area (Å²) >= 11 is 0. The Morgan fingerprint density at radius 3 is 2.56 bits per heavy atom. The summed E-state index contributed by atoms with van der Waals surface area (Å²) in [6, 6.07) is 10.9. The van der Waals surface area contributed by atoms with Crippen LogP contribution in [0.15, 0.2) is 42.5 Å². The van der Waals surface area contributed by atoms with Gasteiger partial charge in [-0.3, -0.25) is 4.79 Å². The third-order valence-corrected chi connectivity index (χ3v) is 4.95. The van der Waals surface area contributed by atoms with Crippen LogP contribution in [0.2, 0.25) is 0 Å². The van der Waals surface area contributed by atoms with Crippen LogP contribution in [0.5, 0.6) is 0 Å². The van der Waals surface area contributed by atoms with Gasteiger partial charge in [-0.15, -0.1) is 0 Å². The molecule has 3 nitrogen and oxygen atoms in total. The predicted molar refractivity (Wildman–Crippen MR) is 94.2 cm³/mol. The zero-order valence-electron chi connectivity index (χ0n) is 14.2. The number of hydrogen-bond acceptors (Lipinski definition) is 2. The van der Waals surface area contributed by atoms with Gasteiger partial charge < -0.3 is 10.6 Å². The number of hydrogen-bond donors (Lipinski definition) is 1. The molecule has 1 fully saturated rings. The number of nitrogens with zero attached hydrogens (tertiary/aromatic N) is 1. The fraction of sp³-hybridized carbons (Fsp3) is 0.350. The van der Waals surface area contributed by atoms with Crippen molar-refractivity contribution in [3.05, 3.63) is 65.2 Å². The van der Waals surface area contributed by atoms with Gasteiger partial charge in [0, 0.05) is 17.6 Å². The molecule has 0 unspecified atom stereocenters. The highest BCUT2D eigenvalue weighted by Crippen LogP contribution is 2.29. The van der Waals surface area contributed by atoms with Gasteiger partial charge in [0.15, 0.2) is 0 Å². The number of benzene rings is 2. The summed E-state index contributed by atoms with van der Waals surface area (Å²) in [5, 5.41) is 0. The van der Waals surface area contributed by atoms with Crippen molar-refractivity contribution in [1.29, 1.82) is 0 Å². The molecule has 2 aromatic rings. The first kappa shape index (κ1) is 17.4. The Hall–Kier alpha value is -2.43. The van der Waals surface area contributed by atoms with Crippen molar-refractivity contribution in [3.63, 3.8) is 0 Å². The predicted octanol–water partition coefficient (Wildman–Crippen LogP) is 4.17. The molecular formula is C20H22F2N2O. The van der Waals surface area contributed by atoms with E-state index in [-0.39, 0.29) is 29.5 Å². The Balaban J connectivity index is 1.72. The summed E-state index contributed by atoms with van der Waals surface area (Å²) in [5.41, 5.74) is 6.91. The lowest BCUT2D eigenvalue weighted by molar-refractivity contribution is 0.0672. The summed E-state index contributed by atoms with van der Waals surface area (Å²) in [4.78, 5) is 14.7. The summed E-state index contributed by atoms with van der Waals surface area (Å²) in [5.74, 6) is -0.978. The lowest BCUT2D eigenvalue weighted by atomic mass is 10.0. The van der Waals surface area contributed by atoms with Gasteiger partial charge in [0.2, 0.25) is 0 Å². The molecule has 5 heteroatoms. The summed E-state index contributed by atoms with van der Waals surface area (Å²) in [6.45, 7) is 2.02. The Kier molecular flexibility index (Phi) is 5.02. The van der Waals surface area contributed by atoms with Crippen LogP contribution in [0, 0.1) is 11.6 Å². The Bertz CT molecular complexity index is 761. The van der Waals surface area contributed by atoms with Crippen LogP contribution in [-0.4, -0.2) is 22.9 Å². The summed E-state index contributed by atoms with van der Waals surface area (Å²) in [6.07, 6.45) is 3.43. The monoisotopic (exact) mass is 344 g/mol. The van der Waals surface area contributed by atoms with Crippen LogP contribution >= 0.6 is 0 Å². The van der Waals surface area contributed by atoms with Gasteiger partial charge in [0.1, 0.15) is 11.6 Å². The molecule has 0 spiro atoms. The van der Waals surface area contributed by atoms with Crippen molar-refractivity contribution in [2.45, 2.75) is 44.7 Å². The second kappa shape index (κ2) is 7.21. The number of carbonyl (C=O) groups excluding carboxylic acids is 1. The van der Waals surface area contributed by atoms with Gasteiger partial charge in [-0.25, -0.2) is 8.78 Å². The highest BCUT2D eigenvalue weighted by atomic mass is 19.1. The van der Waals surface area contributed by atoms with E-state index >= 15 is 0 Å². The van der Waals surface area contributed by atoms with Gasteiger partial charge in [0.05, 0.1) is 5.69 Å². The maximum atomic E-state index is 13.7. The number of anilines is 1. The molecule has 2 N–H and O–H groups in total. The van der Waals surface area contributed by atoms with E-state index in [4.69, 9.17) is 5.73 Å². The van der Waals surface area contributed by atoms with E-state index in [2.05, 4.69) is 0 Å². The molecule has 2 aromatic carbocycles. The van der Waals surface area contributed by atoms with E-state index in [0.29, 0.717) is 5.56 Å². The fourth-order valence-corrected chi connectivity index (χ4v) is 3.51. The minimum absolute atomic E-state index is 0.0406. The van der Waals surface area contributed by atoms with Crippen molar-refractivity contribution in [3.8, 4) is 0 Å². The number of rotatable bonds is 4. The first-order valence-corrected chi connectivity index (χ1v) is 8.58. The van der Waals surface area contributed by atoms with Gasteiger partial charge in [0.25, 0.3) is 5.91 Å². The normalized spacial score (nSPS) is 20.0. The Labute approximate surface area is 146 Å². The number of halogens is 2. The molecule has 3 rings (SSSR count). The largest absolute Gasteiger partial charge is 0.396 e. The van der Waals surface area contributed by atoms with Gasteiger partial charge in [-0.1, -0.05) is 12.1 Å². The van der Waals surface area contributed by atoms with Crippen molar-refractivity contribution in [2.75, 3.05) is 5.73 Å². The first-order valence-electron chi connectivity index (χ1n) is 8.58. The van der Waals surface area contributed by atoms with E-state index in [1.807, 2.05) is 11.8 Å². The molecular weight excluding hydrogens is 322 g/mol. The number of nitrogen functional groups attached to an aromatic ring is 1. The first-order chi connectivity index (χ1) is 12.0. The highest BCUT2D eigenvalue weighted by molar-refractivity contribution is 5.95. The molecule has 0 bridgehead atoms. The van der Waals surface area contributed by atoms with Crippen LogP contribution in [0.1, 0.15) is 42.1 Å². The van der Waals surface area contributed by atoms with Crippen molar-refractivity contribution < 1.29 is 13.6 Å². The molecule has 0 radical (unpaired) electrons. The molecule has 1 amide bonds. The molecule has 1 saturated heterocycles. The zero-order valence-corrected chi connectivity index (χ0v) is 14.2. The smallest absolute Gasteiger partial charge is 0.254 e. The van der Waals surface area contributed by atoms with Crippen LogP contribution in [-0.2, 0) is 6.42 Å². The Morgan fingerprint density at radius 1 is 1.16 bits per heavy atom. The molecule has 2 atom stereocenters. The van der Waals surface area contributed by atoms with Crippen LogP contribution in [0.3, 0.4) is 0 Å². The van der Waals surface area contributed by atoms with Crippen molar-refractivity contribution >= 4 is 11.6 Å². The molecule has 25 heavy (non-hydrogen) atoms. The van der Waals surface area contributed by atoms with E-state index in [0.717, 1.165) is 31.2 Å². The van der Waals surface area contributed by atoms with Crippen molar-refractivity contribution in [1.82, 2.24) is 4.90 Å². The van der Waals surface area contributed by atoms with Gasteiger partial charge in [-0.05, 0) is 68.5 Å². The van der Waals surface area contributed by atoms with E-state index in [9.17, 15) is 13.6 Å². The summed E-state index contributed by atoms with van der Waals surface area (Å²) < 4.78 is 26.7. The molecule has 0 saturated carbocycles. The quantitative estimate of drug-likeness (QED) is 0.846. The third-order valence-electron chi connectivity index (χ3n) is 4.95. The number of amides is 1. The van der Waals surface area contributed by atoms with E-state index in [1.54, 1.807) is 18.2 Å². The van der Waals surface area contributed by atoms with Crippen LogP contribution in [0.25, 0.3) is 0 Å². The number of nitrogens with two attached hydrogens (primary N) is 1. The minimum Gasteiger partial charge on any atom is -0.396 e. The van der Waals surface area contributed by atoms with Crippen molar-refractivity contribution in [2.24, 2.45) is 0 Å². The number of aryl methyl sites for hydroxylation is 1. The third kappa shape index (κ3) is 3.81. The number of carbonyl (C=O) groups is 1. The Morgan fingerprint density at radius 2 is 1.88 bits per heavy atom. The lowest BCUT2D eigenvalue weighted by Crippen LogP contribution is -2.40. The molecule has 0 aliphatic carbocycles. The lowest BCUT2D eigenvalue weighted by Gasteiger charge is -2.29. The van der Waals surface area contributed by atoms with E-state index < -0.39 is 5.82 Å². The SMILES string of the molecule is C[C@@H]1CC[C@H](CCc2ccc(F)cc2)N1C(=O)c1ccc(N)c(F)c1. The molecule has 0 aromatic heterocycles. The van der Waals surface area contributed by atoms with Gasteiger partial charge in [-0.2, -0.15) is 0 Å². The highest BCUT2D eigenvalue weighted by Gasteiger charge is 2.34.